The van der Waals surface area contributed by atoms with Crippen molar-refractivity contribution in [3.63, 3.8) is 0 Å². The van der Waals surface area contributed by atoms with Gasteiger partial charge in [-0.2, -0.15) is 0 Å². The molecule has 0 amide bonds. The Bertz CT molecular complexity index is 856. The average Bonchev–Trinajstić information content (AvgIpc) is 3.15. The normalized spacial score (nSPS) is 43.5. The number of fused-ring (bicyclic) bond motifs is 6. The van der Waals surface area contributed by atoms with E-state index in [-0.39, 0.29) is 0 Å². The van der Waals surface area contributed by atoms with E-state index >= 15 is 0 Å². The summed E-state index contributed by atoms with van der Waals surface area (Å²) in [7, 11) is 4.60. The average molecular weight is 419 g/mol. The van der Waals surface area contributed by atoms with Crippen molar-refractivity contribution in [3.05, 3.63) is 41.1 Å². The van der Waals surface area contributed by atoms with Gasteiger partial charge in [0.1, 0.15) is 0 Å². The number of rotatable bonds is 2. The summed E-state index contributed by atoms with van der Waals surface area (Å²) < 4.78 is 0. The summed E-state index contributed by atoms with van der Waals surface area (Å²) in [5.41, 5.74) is 5.08. The molecule has 4 fully saturated rings. The molecule has 4 aliphatic carbocycles. The molecule has 168 valence electrons. The Morgan fingerprint density at radius 1 is 0.935 bits per heavy atom. The largest absolute Gasteiger partial charge is 0.387 e. The van der Waals surface area contributed by atoms with Crippen molar-refractivity contribution in [3.8, 4) is 0 Å². The molecule has 2 unspecified atom stereocenters. The van der Waals surface area contributed by atoms with Crippen LogP contribution in [0.5, 0.6) is 0 Å². The van der Waals surface area contributed by atoms with E-state index in [0.717, 1.165) is 48.1 Å². The van der Waals surface area contributed by atoms with Crippen molar-refractivity contribution in [2.75, 3.05) is 14.1 Å². The lowest BCUT2D eigenvalue weighted by Crippen LogP contribution is -2.49. The van der Waals surface area contributed by atoms with Crippen LogP contribution in [0.4, 0.5) is 0 Å². The molecule has 0 spiro atoms. The van der Waals surface area contributed by atoms with Gasteiger partial charge in [0, 0.05) is 12.6 Å². The fourth-order valence-electron chi connectivity index (χ4n) is 9.32. The summed E-state index contributed by atoms with van der Waals surface area (Å²) in [5, 5.41) is 3.41. The first kappa shape index (κ1) is 20.3. The Balaban J connectivity index is 1.23. The molecule has 2 nitrogen and oxygen atoms in total. The molecular formula is C29H42N2. The van der Waals surface area contributed by atoms with Crippen LogP contribution in [0.1, 0.15) is 87.3 Å². The van der Waals surface area contributed by atoms with Gasteiger partial charge in [0.2, 0.25) is 0 Å². The number of hydrogen-bond acceptors (Lipinski definition) is 2. The zero-order chi connectivity index (χ0) is 21.2. The Hall–Kier alpha value is -1.28. The van der Waals surface area contributed by atoms with Crippen LogP contribution in [0.3, 0.4) is 0 Å². The predicted molar refractivity (Wildman–Crippen MR) is 130 cm³/mol. The van der Waals surface area contributed by atoms with Gasteiger partial charge in [-0.05, 0) is 142 Å². The number of nitrogens with one attached hydrogen (secondary N) is 1. The second-order valence-corrected chi connectivity index (χ2v) is 12.2. The van der Waals surface area contributed by atoms with E-state index in [1.54, 1.807) is 5.56 Å². The second-order valence-electron chi connectivity index (χ2n) is 12.2. The minimum Gasteiger partial charge on any atom is -0.387 e. The molecule has 5 aliphatic rings. The van der Waals surface area contributed by atoms with Crippen molar-refractivity contribution in [2.24, 2.45) is 35.0 Å². The molecule has 31 heavy (non-hydrogen) atoms. The van der Waals surface area contributed by atoms with Gasteiger partial charge in [-0.1, -0.05) is 25.1 Å². The first-order valence-electron chi connectivity index (χ1n) is 13.2. The molecular weight excluding hydrogens is 376 g/mol. The van der Waals surface area contributed by atoms with Crippen LogP contribution < -0.4 is 5.32 Å². The first-order valence-corrected chi connectivity index (χ1v) is 13.2. The molecule has 1 aliphatic heterocycles. The zero-order valence-electron chi connectivity index (χ0n) is 19.9. The van der Waals surface area contributed by atoms with Gasteiger partial charge in [-0.25, -0.2) is 0 Å². The van der Waals surface area contributed by atoms with E-state index in [1.165, 1.54) is 68.9 Å². The summed E-state index contributed by atoms with van der Waals surface area (Å²) in [6.45, 7) is 3.69. The lowest BCUT2D eigenvalue weighted by atomic mass is 9.49. The smallest absolute Gasteiger partial charge is 0.0401 e. The molecule has 0 aromatic heterocycles. The van der Waals surface area contributed by atoms with Gasteiger partial charge >= 0.3 is 0 Å². The lowest BCUT2D eigenvalue weighted by molar-refractivity contribution is -0.0624. The highest BCUT2D eigenvalue weighted by Crippen LogP contribution is 2.66. The van der Waals surface area contributed by atoms with Gasteiger partial charge < -0.3 is 10.2 Å². The molecule has 8 atom stereocenters. The number of hydrogen-bond donors (Lipinski definition) is 1. The van der Waals surface area contributed by atoms with Gasteiger partial charge in [0.25, 0.3) is 0 Å². The van der Waals surface area contributed by atoms with E-state index in [4.69, 9.17) is 0 Å². The van der Waals surface area contributed by atoms with Gasteiger partial charge in [-0.3, -0.25) is 0 Å². The minimum absolute atomic E-state index is 0.529. The molecule has 6 rings (SSSR count). The van der Waals surface area contributed by atoms with Gasteiger partial charge in [0.15, 0.2) is 0 Å². The molecule has 1 aromatic carbocycles. The molecule has 4 saturated carbocycles. The SMILES string of the molecule is CN(C)C1CC[C@H]2[C@@H](CC[C@@H]3[C@@H]2CCC2(C)[C@@H](c4ccc5c(c4)CNC=C5)CC[C@@H]32)C1. The highest BCUT2D eigenvalue weighted by molar-refractivity contribution is 5.56. The van der Waals surface area contributed by atoms with Crippen LogP contribution in [0.2, 0.25) is 0 Å². The van der Waals surface area contributed by atoms with E-state index in [1.807, 2.05) is 0 Å². The van der Waals surface area contributed by atoms with Crippen molar-refractivity contribution in [1.82, 2.24) is 10.2 Å². The van der Waals surface area contributed by atoms with Crippen LogP contribution in [-0.2, 0) is 6.54 Å². The van der Waals surface area contributed by atoms with Crippen LogP contribution in [0, 0.1) is 35.0 Å². The molecule has 1 heterocycles. The summed E-state index contributed by atoms with van der Waals surface area (Å²) in [4.78, 5) is 2.51. The van der Waals surface area contributed by atoms with Gasteiger partial charge in [-0.15, -0.1) is 0 Å². The topological polar surface area (TPSA) is 15.3 Å². The van der Waals surface area contributed by atoms with Crippen molar-refractivity contribution in [1.29, 1.82) is 0 Å². The van der Waals surface area contributed by atoms with Crippen LogP contribution in [0.25, 0.3) is 6.08 Å². The Kier molecular flexibility index (Phi) is 5.02. The maximum absolute atomic E-state index is 3.41. The highest BCUT2D eigenvalue weighted by Gasteiger charge is 2.57. The van der Waals surface area contributed by atoms with E-state index in [9.17, 15) is 0 Å². The summed E-state index contributed by atoms with van der Waals surface area (Å²) >= 11 is 0. The van der Waals surface area contributed by atoms with Crippen molar-refractivity contribution < 1.29 is 0 Å². The standard InChI is InChI=1S/C29H42N2/c1-29-14-12-25-24-9-7-23(31(2)3)17-20(24)6-8-26(25)28(29)11-10-27(29)21-5-4-19-13-15-30-18-22(19)16-21/h4-5,13,15-16,20,23-28,30H,6-12,14,17-18H2,1-3H3/t20-,23?,24-,25+,26+,27+,28-,29?/m0/s1. The van der Waals surface area contributed by atoms with Crippen molar-refractivity contribution in [2.45, 2.75) is 83.2 Å². The third-order valence-corrected chi connectivity index (χ3v) is 10.9. The maximum Gasteiger partial charge on any atom is 0.0401 e. The summed E-state index contributed by atoms with van der Waals surface area (Å²) in [6, 6.07) is 8.25. The second kappa shape index (κ2) is 7.65. The highest BCUT2D eigenvalue weighted by atomic mass is 15.1. The Morgan fingerprint density at radius 3 is 2.68 bits per heavy atom. The summed E-state index contributed by atoms with van der Waals surface area (Å²) in [5.74, 6) is 5.86. The zero-order valence-corrected chi connectivity index (χ0v) is 19.9. The molecule has 1 N–H and O–H groups in total. The third kappa shape index (κ3) is 3.23. The number of nitrogens with zero attached hydrogens (tertiary/aromatic N) is 1. The first-order chi connectivity index (χ1) is 15.0. The molecule has 0 bridgehead atoms. The molecule has 1 aromatic rings. The minimum atomic E-state index is 0.529. The Morgan fingerprint density at radius 2 is 1.81 bits per heavy atom. The van der Waals surface area contributed by atoms with Gasteiger partial charge in [0.05, 0.1) is 0 Å². The predicted octanol–water partition coefficient (Wildman–Crippen LogP) is 6.43. The van der Waals surface area contributed by atoms with Crippen LogP contribution in [0.15, 0.2) is 24.4 Å². The molecule has 0 radical (unpaired) electrons. The van der Waals surface area contributed by atoms with Crippen LogP contribution >= 0.6 is 0 Å². The third-order valence-electron chi connectivity index (χ3n) is 10.9. The maximum atomic E-state index is 3.41. The van der Waals surface area contributed by atoms with E-state index < -0.39 is 0 Å². The van der Waals surface area contributed by atoms with Crippen LogP contribution in [-0.4, -0.2) is 25.0 Å². The lowest BCUT2D eigenvalue weighted by Gasteiger charge is -2.56. The fourth-order valence-corrected chi connectivity index (χ4v) is 9.32. The monoisotopic (exact) mass is 418 g/mol. The fraction of sp³-hybridized carbons (Fsp3) is 0.724. The van der Waals surface area contributed by atoms with E-state index in [0.29, 0.717) is 5.41 Å². The number of benzene rings is 1. The Labute approximate surface area is 189 Å². The molecule has 2 heteroatoms. The summed E-state index contributed by atoms with van der Waals surface area (Å²) in [6.07, 6.45) is 17.7. The molecule has 0 saturated heterocycles. The van der Waals surface area contributed by atoms with E-state index in [2.05, 4.69) is 61.7 Å². The quantitative estimate of drug-likeness (QED) is 0.595. The van der Waals surface area contributed by atoms with Crippen molar-refractivity contribution >= 4 is 6.08 Å².